The summed E-state index contributed by atoms with van der Waals surface area (Å²) in [6.07, 6.45) is 21.9. The van der Waals surface area contributed by atoms with Crippen molar-refractivity contribution in [2.24, 2.45) is 0 Å². The molecule has 2 amide bonds. The van der Waals surface area contributed by atoms with E-state index in [1.165, 1.54) is 24.3 Å². The van der Waals surface area contributed by atoms with Crippen LogP contribution >= 0.6 is 0 Å². The van der Waals surface area contributed by atoms with Gasteiger partial charge in [-0.2, -0.15) is 0 Å². The highest BCUT2D eigenvalue weighted by Crippen LogP contribution is 2.30. The molecular weight excluding hydrogens is 733 g/mol. The van der Waals surface area contributed by atoms with Crippen molar-refractivity contribution in [2.75, 3.05) is 10.6 Å². The zero-order chi connectivity index (χ0) is 41.3. The minimum atomic E-state index is -1.32. The van der Waals surface area contributed by atoms with Crippen LogP contribution in [-0.4, -0.2) is 34.0 Å². The van der Waals surface area contributed by atoms with Crippen LogP contribution in [0.15, 0.2) is 121 Å². The van der Waals surface area contributed by atoms with Crippen LogP contribution < -0.4 is 20.1 Å². The van der Waals surface area contributed by atoms with Gasteiger partial charge in [0.05, 0.1) is 22.3 Å². The summed E-state index contributed by atoms with van der Waals surface area (Å²) in [7, 11) is 0. The van der Waals surface area contributed by atoms with E-state index in [9.17, 15) is 29.4 Å². The van der Waals surface area contributed by atoms with Crippen LogP contribution in [0.4, 0.5) is 11.4 Å². The molecule has 0 saturated carbocycles. The van der Waals surface area contributed by atoms with Crippen molar-refractivity contribution in [1.29, 1.82) is 0 Å². The van der Waals surface area contributed by atoms with Crippen molar-refractivity contribution in [3.8, 4) is 83.5 Å². The summed E-state index contributed by atoms with van der Waals surface area (Å²) in [4.78, 5) is 49.6. The molecule has 0 radical (unpaired) electrons. The van der Waals surface area contributed by atoms with Crippen LogP contribution in [-0.2, 0) is 0 Å². The fraction of sp³-hybridized carbons (Fsp3) is 0. The number of hydrogen-bond donors (Lipinski definition) is 4. The summed E-state index contributed by atoms with van der Waals surface area (Å²) in [6.45, 7) is 0. The monoisotopic (exact) mass is 760 g/mol. The molecule has 6 aromatic rings. The summed E-state index contributed by atoms with van der Waals surface area (Å²) < 4.78 is 12.0. The van der Waals surface area contributed by atoms with Gasteiger partial charge in [0.1, 0.15) is 23.0 Å². The molecule has 10 heteroatoms. The zero-order valence-corrected chi connectivity index (χ0v) is 30.2. The van der Waals surface area contributed by atoms with E-state index in [1.807, 2.05) is 48.5 Å². The number of carboxylic acid groups (broad SMARTS) is 2. The third kappa shape index (κ3) is 8.70. The van der Waals surface area contributed by atoms with Gasteiger partial charge in [0.25, 0.3) is 11.8 Å². The van der Waals surface area contributed by atoms with Crippen LogP contribution in [0.25, 0.3) is 11.1 Å². The number of amides is 2. The van der Waals surface area contributed by atoms with Gasteiger partial charge in [0.15, 0.2) is 0 Å². The summed E-state index contributed by atoms with van der Waals surface area (Å²) in [5.41, 5.74) is 2.76. The van der Waals surface area contributed by atoms with E-state index in [2.05, 4.69) is 34.3 Å². The standard InChI is InChI=1S/C48H28N2O8/c1-5-29-25-41(43(47(53)54)27-31(29)7-3)45(51)49-35-13-21-39(22-14-35)57-37-17-9-33(10-18-37)34-11-19-38(20-12-34)58-40-23-15-36(16-24-40)50-46(52)42-26-30(6-2)32(8-4)28-44(42)48(55)56/h1-4,9-28H,(H,49,51)(H,50,52)(H,53,54)(H,55,56). The number of rotatable bonds is 11. The average molecular weight is 761 g/mol. The topological polar surface area (TPSA) is 151 Å². The fourth-order valence-electron chi connectivity index (χ4n) is 5.72. The van der Waals surface area contributed by atoms with Crippen molar-refractivity contribution >= 4 is 35.1 Å². The Labute approximate surface area is 333 Å². The highest BCUT2D eigenvalue weighted by molar-refractivity contribution is 6.12. The zero-order valence-electron chi connectivity index (χ0n) is 30.2. The molecule has 58 heavy (non-hydrogen) atoms. The van der Waals surface area contributed by atoms with E-state index in [1.54, 1.807) is 48.5 Å². The van der Waals surface area contributed by atoms with E-state index in [0.29, 0.717) is 34.4 Å². The second kappa shape index (κ2) is 17.0. The average Bonchev–Trinajstić information content (AvgIpc) is 3.24. The smallest absolute Gasteiger partial charge is 0.336 e. The first-order chi connectivity index (χ1) is 28.0. The summed E-state index contributed by atoms with van der Waals surface area (Å²) in [5.74, 6) is 7.63. The van der Waals surface area contributed by atoms with Gasteiger partial charge in [-0.15, -0.1) is 25.7 Å². The van der Waals surface area contributed by atoms with Crippen LogP contribution in [0, 0.1) is 49.4 Å². The Kier molecular flexibility index (Phi) is 11.4. The van der Waals surface area contributed by atoms with Crippen molar-refractivity contribution < 1.29 is 38.9 Å². The lowest BCUT2D eigenvalue weighted by molar-refractivity contribution is 0.0683. The van der Waals surface area contributed by atoms with E-state index >= 15 is 0 Å². The van der Waals surface area contributed by atoms with Gasteiger partial charge in [0.2, 0.25) is 0 Å². The normalized spacial score (nSPS) is 10.1. The quantitative estimate of drug-likeness (QED) is 0.0958. The lowest BCUT2D eigenvalue weighted by Gasteiger charge is -2.12. The lowest BCUT2D eigenvalue weighted by Crippen LogP contribution is -2.17. The Morgan fingerprint density at radius 3 is 0.931 bits per heavy atom. The number of benzene rings is 6. The van der Waals surface area contributed by atoms with Gasteiger partial charge in [0, 0.05) is 33.6 Å². The summed E-state index contributed by atoms with van der Waals surface area (Å²) in [6, 6.07) is 33.0. The number of nitrogens with one attached hydrogen (secondary N) is 2. The first-order valence-electron chi connectivity index (χ1n) is 17.1. The molecule has 278 valence electrons. The molecule has 6 rings (SSSR count). The molecule has 0 aliphatic heterocycles. The number of ether oxygens (including phenoxy) is 2. The Morgan fingerprint density at radius 1 is 0.414 bits per heavy atom. The second-order valence-electron chi connectivity index (χ2n) is 12.3. The number of terminal acetylenes is 4. The lowest BCUT2D eigenvalue weighted by atomic mass is 9.98. The van der Waals surface area contributed by atoms with Crippen LogP contribution in [0.1, 0.15) is 63.7 Å². The molecule has 0 unspecified atom stereocenters. The van der Waals surface area contributed by atoms with Crippen LogP contribution in [0.2, 0.25) is 0 Å². The van der Waals surface area contributed by atoms with E-state index < -0.39 is 23.8 Å². The van der Waals surface area contributed by atoms with Crippen molar-refractivity contribution in [3.05, 3.63) is 166 Å². The van der Waals surface area contributed by atoms with E-state index in [-0.39, 0.29) is 44.5 Å². The number of carbonyl (C=O) groups is 4. The van der Waals surface area contributed by atoms with Gasteiger partial charge in [-0.25, -0.2) is 9.59 Å². The van der Waals surface area contributed by atoms with Crippen molar-refractivity contribution in [1.82, 2.24) is 0 Å². The molecule has 0 heterocycles. The predicted molar refractivity (Wildman–Crippen MR) is 219 cm³/mol. The molecule has 0 spiro atoms. The maximum absolute atomic E-state index is 13.0. The number of carbonyl (C=O) groups excluding carboxylic acids is 2. The molecule has 0 atom stereocenters. The molecule has 0 aliphatic carbocycles. The Bertz CT molecular complexity index is 2580. The molecule has 0 fully saturated rings. The first-order valence-corrected chi connectivity index (χ1v) is 17.1. The maximum atomic E-state index is 13.0. The van der Waals surface area contributed by atoms with Gasteiger partial charge < -0.3 is 30.3 Å². The minimum absolute atomic E-state index is 0.122. The Morgan fingerprint density at radius 2 is 0.672 bits per heavy atom. The largest absolute Gasteiger partial charge is 0.478 e. The third-order valence-corrected chi connectivity index (χ3v) is 8.63. The van der Waals surface area contributed by atoms with Gasteiger partial charge in [-0.1, -0.05) is 47.9 Å². The Balaban J connectivity index is 1.04. The summed E-state index contributed by atoms with van der Waals surface area (Å²) in [5, 5.41) is 24.6. The molecule has 6 aromatic carbocycles. The summed E-state index contributed by atoms with van der Waals surface area (Å²) >= 11 is 0. The Hall–Kier alpha value is -8.96. The number of aromatic carboxylic acids is 2. The van der Waals surface area contributed by atoms with Gasteiger partial charge in [-0.05, 0) is 108 Å². The molecule has 0 bridgehead atoms. The molecule has 4 N–H and O–H groups in total. The van der Waals surface area contributed by atoms with Crippen molar-refractivity contribution in [2.45, 2.75) is 0 Å². The van der Waals surface area contributed by atoms with Gasteiger partial charge >= 0.3 is 11.9 Å². The van der Waals surface area contributed by atoms with Crippen LogP contribution in [0.5, 0.6) is 23.0 Å². The second-order valence-corrected chi connectivity index (χ2v) is 12.3. The van der Waals surface area contributed by atoms with E-state index in [0.717, 1.165) is 11.1 Å². The van der Waals surface area contributed by atoms with E-state index in [4.69, 9.17) is 35.2 Å². The number of anilines is 2. The minimum Gasteiger partial charge on any atom is -0.478 e. The molecule has 0 aliphatic rings. The van der Waals surface area contributed by atoms with Crippen molar-refractivity contribution in [3.63, 3.8) is 0 Å². The molecule has 10 nitrogen and oxygen atoms in total. The highest BCUT2D eigenvalue weighted by Gasteiger charge is 2.21. The number of hydrogen-bond acceptors (Lipinski definition) is 6. The highest BCUT2D eigenvalue weighted by atomic mass is 16.5. The van der Waals surface area contributed by atoms with Crippen LogP contribution in [0.3, 0.4) is 0 Å². The third-order valence-electron chi connectivity index (χ3n) is 8.63. The molecule has 0 aromatic heterocycles. The predicted octanol–water partition coefficient (Wildman–Crippen LogP) is 8.76. The number of carboxylic acids is 2. The maximum Gasteiger partial charge on any atom is 0.336 e. The first kappa shape index (κ1) is 38.8. The van der Waals surface area contributed by atoms with Gasteiger partial charge in [-0.3, -0.25) is 9.59 Å². The fourth-order valence-corrected chi connectivity index (χ4v) is 5.72. The molecule has 0 saturated heterocycles. The molecular formula is C48H28N2O8. The SMILES string of the molecule is C#Cc1cc(C(=O)O)c(C(=O)Nc2ccc(Oc3ccc(-c4ccc(Oc5ccc(NC(=O)c6cc(C#C)c(C#C)cc6C(=O)O)cc5)cc4)cc3)cc2)cc1C#C.